The van der Waals surface area contributed by atoms with Crippen LogP contribution in [0.25, 0.3) is 5.57 Å². The molecule has 0 spiro atoms. The van der Waals surface area contributed by atoms with E-state index in [9.17, 15) is 4.79 Å². The summed E-state index contributed by atoms with van der Waals surface area (Å²) in [4.78, 5) is 11.7. The third-order valence-corrected chi connectivity index (χ3v) is 3.53. The van der Waals surface area contributed by atoms with Crippen LogP contribution in [0.4, 0.5) is 0 Å². The molecule has 1 aliphatic carbocycles. The lowest BCUT2D eigenvalue weighted by Crippen LogP contribution is -2.21. The SMILES string of the molecule is Cc1ccc(C2=CC(=O)CC(C)(C)C2)cc1C. The highest BCUT2D eigenvalue weighted by Gasteiger charge is 2.27. The average molecular weight is 228 g/mol. The number of rotatable bonds is 1. The van der Waals surface area contributed by atoms with E-state index in [0.29, 0.717) is 6.42 Å². The zero-order valence-electron chi connectivity index (χ0n) is 11.1. The molecule has 1 aromatic carbocycles. The van der Waals surface area contributed by atoms with Crippen molar-refractivity contribution in [3.63, 3.8) is 0 Å². The van der Waals surface area contributed by atoms with Crippen LogP contribution in [-0.2, 0) is 4.79 Å². The summed E-state index contributed by atoms with van der Waals surface area (Å²) in [5.74, 6) is 0.259. The lowest BCUT2D eigenvalue weighted by atomic mass is 9.75. The Kier molecular flexibility index (Phi) is 2.94. The molecule has 0 aromatic heterocycles. The summed E-state index contributed by atoms with van der Waals surface area (Å²) >= 11 is 0. The van der Waals surface area contributed by atoms with Gasteiger partial charge in [-0.3, -0.25) is 4.79 Å². The van der Waals surface area contributed by atoms with Crippen LogP contribution in [0, 0.1) is 19.3 Å². The van der Waals surface area contributed by atoms with Gasteiger partial charge in [-0.25, -0.2) is 0 Å². The summed E-state index contributed by atoms with van der Waals surface area (Å²) in [5.41, 5.74) is 5.08. The molecule has 0 unspecified atom stereocenters. The number of benzene rings is 1. The highest BCUT2D eigenvalue weighted by molar-refractivity contribution is 5.99. The third kappa shape index (κ3) is 2.66. The van der Waals surface area contributed by atoms with E-state index in [1.165, 1.54) is 22.3 Å². The van der Waals surface area contributed by atoms with E-state index in [4.69, 9.17) is 0 Å². The normalized spacial score (nSPS) is 19.1. The van der Waals surface area contributed by atoms with Crippen LogP contribution in [0.15, 0.2) is 24.3 Å². The molecule has 0 radical (unpaired) electrons. The molecule has 2 rings (SSSR count). The molecule has 0 saturated heterocycles. The van der Waals surface area contributed by atoms with Gasteiger partial charge in [-0.05, 0) is 54.0 Å². The molecular weight excluding hydrogens is 208 g/mol. The molecule has 0 fully saturated rings. The second-order valence-corrected chi connectivity index (χ2v) is 5.95. The third-order valence-electron chi connectivity index (χ3n) is 3.53. The molecule has 90 valence electrons. The fourth-order valence-electron chi connectivity index (χ4n) is 2.47. The van der Waals surface area contributed by atoms with E-state index < -0.39 is 0 Å². The zero-order valence-corrected chi connectivity index (χ0v) is 11.1. The number of carbonyl (C=O) groups excluding carboxylic acids is 1. The molecule has 0 atom stereocenters. The number of aryl methyl sites for hydroxylation is 2. The van der Waals surface area contributed by atoms with Gasteiger partial charge in [0.2, 0.25) is 0 Å². The van der Waals surface area contributed by atoms with Crippen molar-refractivity contribution in [3.8, 4) is 0 Å². The number of ketones is 1. The monoisotopic (exact) mass is 228 g/mol. The van der Waals surface area contributed by atoms with E-state index in [-0.39, 0.29) is 11.2 Å². The lowest BCUT2D eigenvalue weighted by Gasteiger charge is -2.29. The van der Waals surface area contributed by atoms with Crippen LogP contribution in [-0.4, -0.2) is 5.78 Å². The molecule has 0 heterocycles. The largest absolute Gasteiger partial charge is 0.295 e. The van der Waals surface area contributed by atoms with Crippen molar-refractivity contribution < 1.29 is 4.79 Å². The molecule has 0 amide bonds. The van der Waals surface area contributed by atoms with Gasteiger partial charge < -0.3 is 0 Å². The van der Waals surface area contributed by atoms with Crippen LogP contribution in [0.5, 0.6) is 0 Å². The topological polar surface area (TPSA) is 17.1 Å². The number of allylic oxidation sites excluding steroid dienone is 2. The van der Waals surface area contributed by atoms with Crippen molar-refractivity contribution in [2.75, 3.05) is 0 Å². The maximum Gasteiger partial charge on any atom is 0.156 e. The Labute approximate surface area is 104 Å². The van der Waals surface area contributed by atoms with Crippen molar-refractivity contribution in [1.29, 1.82) is 0 Å². The van der Waals surface area contributed by atoms with Gasteiger partial charge in [0, 0.05) is 6.42 Å². The van der Waals surface area contributed by atoms with Crippen LogP contribution >= 0.6 is 0 Å². The second-order valence-electron chi connectivity index (χ2n) is 5.95. The molecule has 0 aliphatic heterocycles. The predicted octanol–water partition coefficient (Wildman–Crippen LogP) is 4.08. The first-order chi connectivity index (χ1) is 7.87. The van der Waals surface area contributed by atoms with Crippen molar-refractivity contribution >= 4 is 11.4 Å². The maximum atomic E-state index is 11.7. The fraction of sp³-hybridized carbons (Fsp3) is 0.438. The molecule has 1 aliphatic rings. The minimum absolute atomic E-state index is 0.0972. The number of hydrogen-bond acceptors (Lipinski definition) is 1. The number of hydrogen-bond donors (Lipinski definition) is 0. The Morgan fingerprint density at radius 3 is 2.35 bits per heavy atom. The van der Waals surface area contributed by atoms with Crippen molar-refractivity contribution in [1.82, 2.24) is 0 Å². The van der Waals surface area contributed by atoms with Crippen molar-refractivity contribution in [2.24, 2.45) is 5.41 Å². The first-order valence-electron chi connectivity index (χ1n) is 6.18. The van der Waals surface area contributed by atoms with Gasteiger partial charge in [0.1, 0.15) is 0 Å². The van der Waals surface area contributed by atoms with Gasteiger partial charge >= 0.3 is 0 Å². The molecule has 1 nitrogen and oxygen atoms in total. The summed E-state index contributed by atoms with van der Waals surface area (Å²) in [6, 6.07) is 6.45. The summed E-state index contributed by atoms with van der Waals surface area (Å²) in [6.07, 6.45) is 3.48. The van der Waals surface area contributed by atoms with E-state index in [1.54, 1.807) is 0 Å². The van der Waals surface area contributed by atoms with Crippen molar-refractivity contribution in [2.45, 2.75) is 40.5 Å². The number of carbonyl (C=O) groups is 1. The minimum atomic E-state index is 0.0972. The quantitative estimate of drug-likeness (QED) is 0.708. The average Bonchev–Trinajstić information content (AvgIpc) is 2.19. The molecule has 17 heavy (non-hydrogen) atoms. The van der Waals surface area contributed by atoms with Crippen LogP contribution in [0.3, 0.4) is 0 Å². The van der Waals surface area contributed by atoms with E-state index in [2.05, 4.69) is 45.9 Å². The zero-order chi connectivity index (χ0) is 12.6. The highest BCUT2D eigenvalue weighted by atomic mass is 16.1. The Morgan fingerprint density at radius 1 is 1.06 bits per heavy atom. The Balaban J connectivity index is 2.39. The fourth-order valence-corrected chi connectivity index (χ4v) is 2.47. The molecule has 0 bridgehead atoms. The van der Waals surface area contributed by atoms with Crippen LogP contribution < -0.4 is 0 Å². The van der Waals surface area contributed by atoms with Crippen LogP contribution in [0.2, 0.25) is 0 Å². The Bertz CT molecular complexity index is 492. The Morgan fingerprint density at radius 2 is 1.76 bits per heavy atom. The van der Waals surface area contributed by atoms with Gasteiger partial charge in [0.05, 0.1) is 0 Å². The Hall–Kier alpha value is -1.37. The van der Waals surface area contributed by atoms with Gasteiger partial charge in [0.15, 0.2) is 5.78 Å². The standard InChI is InChI=1S/C16H20O/c1-11-5-6-13(7-12(11)2)14-8-15(17)10-16(3,4)9-14/h5-8H,9-10H2,1-4H3. The summed E-state index contributed by atoms with van der Waals surface area (Å²) < 4.78 is 0. The molecular formula is C16H20O. The maximum absolute atomic E-state index is 11.7. The van der Waals surface area contributed by atoms with E-state index in [1.807, 2.05) is 6.08 Å². The summed E-state index contributed by atoms with van der Waals surface area (Å²) in [5, 5.41) is 0. The molecule has 0 saturated carbocycles. The van der Waals surface area contributed by atoms with Gasteiger partial charge in [-0.2, -0.15) is 0 Å². The van der Waals surface area contributed by atoms with E-state index >= 15 is 0 Å². The predicted molar refractivity (Wildman–Crippen MR) is 71.9 cm³/mol. The van der Waals surface area contributed by atoms with Crippen LogP contribution in [0.1, 0.15) is 43.4 Å². The summed E-state index contributed by atoms with van der Waals surface area (Å²) in [7, 11) is 0. The summed E-state index contributed by atoms with van der Waals surface area (Å²) in [6.45, 7) is 8.57. The molecule has 1 aromatic rings. The second kappa shape index (κ2) is 4.14. The van der Waals surface area contributed by atoms with Gasteiger partial charge in [0.25, 0.3) is 0 Å². The van der Waals surface area contributed by atoms with Gasteiger partial charge in [-0.1, -0.05) is 32.0 Å². The van der Waals surface area contributed by atoms with Crippen molar-refractivity contribution in [3.05, 3.63) is 41.0 Å². The lowest BCUT2D eigenvalue weighted by molar-refractivity contribution is -0.116. The van der Waals surface area contributed by atoms with Gasteiger partial charge in [-0.15, -0.1) is 0 Å². The van der Waals surface area contributed by atoms with E-state index in [0.717, 1.165) is 6.42 Å². The first kappa shape index (κ1) is 12.1. The molecule has 0 N–H and O–H groups in total. The molecule has 1 heteroatoms. The smallest absolute Gasteiger partial charge is 0.156 e. The minimum Gasteiger partial charge on any atom is -0.295 e. The first-order valence-corrected chi connectivity index (χ1v) is 6.18. The highest BCUT2D eigenvalue weighted by Crippen LogP contribution is 2.38.